The van der Waals surface area contributed by atoms with Crippen molar-refractivity contribution in [2.24, 2.45) is 7.05 Å². The summed E-state index contributed by atoms with van der Waals surface area (Å²) in [5.74, 6) is -1.46. The molecule has 1 heterocycles. The fraction of sp³-hybridized carbons (Fsp3) is 0.250. The van der Waals surface area contributed by atoms with Crippen LogP contribution in [0.2, 0.25) is 0 Å². The molecule has 0 aliphatic carbocycles. The molecule has 0 spiro atoms. The SMILES string of the molecule is Cn1cc([B-](F)(F)F)c(F)n1.[K+]. The van der Waals surface area contributed by atoms with Crippen molar-refractivity contribution in [1.82, 2.24) is 9.78 Å². The van der Waals surface area contributed by atoms with E-state index in [4.69, 9.17) is 0 Å². The summed E-state index contributed by atoms with van der Waals surface area (Å²) in [5, 5.41) is 2.92. The molecule has 0 radical (unpaired) electrons. The summed E-state index contributed by atoms with van der Waals surface area (Å²) in [6, 6.07) is 0. The number of nitrogens with zero attached hydrogens (tertiary/aromatic N) is 2. The second kappa shape index (κ2) is 4.23. The second-order valence-corrected chi connectivity index (χ2v) is 2.12. The van der Waals surface area contributed by atoms with Crippen LogP contribution in [0.3, 0.4) is 0 Å². The summed E-state index contributed by atoms with van der Waals surface area (Å²) >= 11 is 0. The van der Waals surface area contributed by atoms with Crippen LogP contribution in [-0.2, 0) is 7.05 Å². The van der Waals surface area contributed by atoms with Crippen molar-refractivity contribution in [3.05, 3.63) is 12.1 Å². The van der Waals surface area contributed by atoms with Crippen LogP contribution in [-0.4, -0.2) is 16.8 Å². The van der Waals surface area contributed by atoms with Gasteiger partial charge in [-0.05, 0) is 5.46 Å². The predicted octanol–water partition coefficient (Wildman–Crippen LogP) is -2.38. The van der Waals surface area contributed by atoms with Crippen molar-refractivity contribution in [1.29, 1.82) is 0 Å². The van der Waals surface area contributed by atoms with E-state index < -0.39 is 18.4 Å². The predicted molar refractivity (Wildman–Crippen MR) is 31.9 cm³/mol. The molecule has 0 unspecified atom stereocenters. The Balaban J connectivity index is 0.00000121. The first-order valence-corrected chi connectivity index (χ1v) is 2.80. The maximum Gasteiger partial charge on any atom is 1.00 e. The maximum atomic E-state index is 12.3. The number of aromatic nitrogens is 2. The molecule has 0 bridgehead atoms. The van der Waals surface area contributed by atoms with Crippen molar-refractivity contribution >= 4 is 12.4 Å². The van der Waals surface area contributed by atoms with Gasteiger partial charge in [0.1, 0.15) is 0 Å². The van der Waals surface area contributed by atoms with Crippen molar-refractivity contribution < 1.29 is 68.7 Å². The first kappa shape index (κ1) is 12.6. The maximum absolute atomic E-state index is 12.3. The third kappa shape index (κ3) is 2.84. The summed E-state index contributed by atoms with van der Waals surface area (Å²) in [6.45, 7) is -5.27. The zero-order valence-electron chi connectivity index (χ0n) is 6.56. The van der Waals surface area contributed by atoms with Crippen LogP contribution in [0.4, 0.5) is 17.3 Å². The number of rotatable bonds is 1. The standard InChI is InChI=1S/C4H4BF4N2.K/c1-11-2-3(4(6)10-11)5(7,8)9;/h2H,1H3;/q-1;+1. The Labute approximate surface area is 109 Å². The van der Waals surface area contributed by atoms with Crippen LogP contribution in [0.25, 0.3) is 0 Å². The fourth-order valence-electron chi connectivity index (χ4n) is 0.699. The molecule has 0 fully saturated rings. The Morgan fingerprint density at radius 1 is 1.42 bits per heavy atom. The summed E-state index contributed by atoms with van der Waals surface area (Å²) in [5.41, 5.74) is -1.27. The van der Waals surface area contributed by atoms with Gasteiger partial charge in [0.2, 0.25) is 5.95 Å². The van der Waals surface area contributed by atoms with E-state index in [9.17, 15) is 17.3 Å². The molecule has 1 aromatic rings. The average Bonchev–Trinajstić information content (AvgIpc) is 2.08. The smallest absolute Gasteiger partial charge is 0.445 e. The number of hydrogen-bond acceptors (Lipinski definition) is 1. The normalized spacial score (nSPS) is 11.1. The monoisotopic (exact) mass is 206 g/mol. The van der Waals surface area contributed by atoms with Gasteiger partial charge in [0, 0.05) is 13.2 Å². The minimum atomic E-state index is -5.27. The third-order valence-electron chi connectivity index (χ3n) is 1.16. The number of hydrogen-bond donors (Lipinski definition) is 0. The average molecular weight is 206 g/mol. The van der Waals surface area contributed by atoms with E-state index >= 15 is 0 Å². The molecular weight excluding hydrogens is 202 g/mol. The van der Waals surface area contributed by atoms with Gasteiger partial charge in [-0.25, -0.2) is 0 Å². The van der Waals surface area contributed by atoms with E-state index in [1.165, 1.54) is 7.05 Å². The molecule has 2 nitrogen and oxygen atoms in total. The molecule has 62 valence electrons. The Hall–Kier alpha value is 0.631. The second-order valence-electron chi connectivity index (χ2n) is 2.12. The number of halogens is 4. The Bertz CT molecular complexity index is 271. The molecule has 8 heteroatoms. The fourth-order valence-corrected chi connectivity index (χ4v) is 0.699. The van der Waals surface area contributed by atoms with Crippen molar-refractivity contribution in [2.45, 2.75) is 0 Å². The minimum Gasteiger partial charge on any atom is -0.445 e. The molecule has 0 aliphatic heterocycles. The number of aryl methyl sites for hydroxylation is 1. The molecule has 0 saturated carbocycles. The Morgan fingerprint density at radius 3 is 2.08 bits per heavy atom. The zero-order valence-corrected chi connectivity index (χ0v) is 9.68. The van der Waals surface area contributed by atoms with Gasteiger partial charge in [-0.15, -0.1) is 5.10 Å². The van der Waals surface area contributed by atoms with Gasteiger partial charge in [-0.3, -0.25) is 4.68 Å². The Kier molecular flexibility index (Phi) is 4.45. The summed E-state index contributed by atoms with van der Waals surface area (Å²) in [7, 11) is 1.23. The van der Waals surface area contributed by atoms with Crippen molar-refractivity contribution in [2.75, 3.05) is 0 Å². The molecule has 0 aliphatic rings. The van der Waals surface area contributed by atoms with Crippen LogP contribution < -0.4 is 56.8 Å². The molecular formula is C4H4BF4KN2. The van der Waals surface area contributed by atoms with E-state index in [1.54, 1.807) is 0 Å². The topological polar surface area (TPSA) is 17.8 Å². The van der Waals surface area contributed by atoms with E-state index in [-0.39, 0.29) is 51.4 Å². The van der Waals surface area contributed by atoms with Crippen LogP contribution in [0, 0.1) is 5.95 Å². The molecule has 1 aromatic heterocycles. The quantitative estimate of drug-likeness (QED) is 0.370. The zero-order chi connectivity index (χ0) is 8.65. The third-order valence-corrected chi connectivity index (χ3v) is 1.16. The van der Waals surface area contributed by atoms with Gasteiger partial charge in [0.25, 0.3) is 0 Å². The van der Waals surface area contributed by atoms with E-state index in [0.717, 1.165) is 4.68 Å². The van der Waals surface area contributed by atoms with Crippen LogP contribution in [0.1, 0.15) is 0 Å². The van der Waals surface area contributed by atoms with Gasteiger partial charge in [-0.2, -0.15) is 4.39 Å². The molecule has 12 heavy (non-hydrogen) atoms. The van der Waals surface area contributed by atoms with Crippen LogP contribution in [0.15, 0.2) is 6.20 Å². The van der Waals surface area contributed by atoms with Gasteiger partial charge in [0.05, 0.1) is 0 Å². The summed E-state index contributed by atoms with van der Waals surface area (Å²) in [4.78, 5) is 0. The van der Waals surface area contributed by atoms with Gasteiger partial charge in [0.15, 0.2) is 0 Å². The van der Waals surface area contributed by atoms with E-state index in [2.05, 4.69) is 5.10 Å². The first-order valence-electron chi connectivity index (χ1n) is 2.80. The largest absolute Gasteiger partial charge is 1.00 e. The van der Waals surface area contributed by atoms with Gasteiger partial charge < -0.3 is 12.9 Å². The van der Waals surface area contributed by atoms with Gasteiger partial charge in [-0.1, -0.05) is 0 Å². The van der Waals surface area contributed by atoms with Crippen LogP contribution >= 0.6 is 0 Å². The molecule has 1 rings (SSSR count). The van der Waals surface area contributed by atoms with Gasteiger partial charge >= 0.3 is 58.4 Å². The van der Waals surface area contributed by atoms with Crippen molar-refractivity contribution in [3.63, 3.8) is 0 Å². The summed E-state index contributed by atoms with van der Waals surface area (Å²) < 4.78 is 48.6. The molecule has 0 atom stereocenters. The van der Waals surface area contributed by atoms with E-state index in [1.807, 2.05) is 0 Å². The molecule has 0 aromatic carbocycles. The molecule has 0 saturated heterocycles. The van der Waals surface area contributed by atoms with Crippen LogP contribution in [0.5, 0.6) is 0 Å². The molecule has 0 N–H and O–H groups in total. The first-order chi connectivity index (χ1) is 4.91. The minimum absolute atomic E-state index is 0. The van der Waals surface area contributed by atoms with Crippen molar-refractivity contribution in [3.8, 4) is 0 Å². The van der Waals surface area contributed by atoms with E-state index in [0.29, 0.717) is 6.20 Å². The molecule has 0 amide bonds. The summed E-state index contributed by atoms with van der Waals surface area (Å²) in [6.07, 6.45) is 0.620. The Morgan fingerprint density at radius 2 is 1.92 bits per heavy atom.